The predicted molar refractivity (Wildman–Crippen MR) is 211 cm³/mol. The van der Waals surface area contributed by atoms with Crippen LogP contribution in [0, 0.1) is 11.3 Å². The summed E-state index contributed by atoms with van der Waals surface area (Å²) in [6.07, 6.45) is 22.0. The van der Waals surface area contributed by atoms with Gasteiger partial charge < -0.3 is 24.8 Å². The molecular formula is C41H64N5O7P. The van der Waals surface area contributed by atoms with Crippen molar-refractivity contribution in [2.75, 3.05) is 32.2 Å². The summed E-state index contributed by atoms with van der Waals surface area (Å²) in [5.41, 5.74) is 8.28. The number of aromatic nitrogens is 3. The average molecular weight is 770 g/mol. The molecule has 3 aromatic rings. The van der Waals surface area contributed by atoms with E-state index in [1.165, 1.54) is 89.8 Å². The first-order valence-corrected chi connectivity index (χ1v) is 21.8. The van der Waals surface area contributed by atoms with Crippen molar-refractivity contribution in [2.24, 2.45) is 0 Å². The third-order valence-corrected chi connectivity index (χ3v) is 11.2. The first kappa shape index (κ1) is 43.8. The van der Waals surface area contributed by atoms with Crippen LogP contribution in [0.4, 0.5) is 5.82 Å². The van der Waals surface area contributed by atoms with Crippen molar-refractivity contribution < 1.29 is 32.7 Å². The van der Waals surface area contributed by atoms with Crippen molar-refractivity contribution in [3.05, 3.63) is 59.5 Å². The second kappa shape index (κ2) is 23.9. The number of phosphoric acid groups is 1. The van der Waals surface area contributed by atoms with Crippen LogP contribution in [0.15, 0.2) is 42.7 Å². The number of hydrogen-bond acceptors (Lipinski definition) is 10. The monoisotopic (exact) mass is 769 g/mol. The van der Waals surface area contributed by atoms with E-state index < -0.39 is 25.6 Å². The highest BCUT2D eigenvalue weighted by Gasteiger charge is 2.41. The van der Waals surface area contributed by atoms with Gasteiger partial charge in [0.05, 0.1) is 49.4 Å². The van der Waals surface area contributed by atoms with Gasteiger partial charge in [0.1, 0.15) is 17.4 Å². The molecule has 0 saturated carbocycles. The Morgan fingerprint density at radius 1 is 0.963 bits per heavy atom. The Balaban J connectivity index is 1.12. The van der Waals surface area contributed by atoms with E-state index in [2.05, 4.69) is 23.1 Å². The van der Waals surface area contributed by atoms with Crippen molar-refractivity contribution in [2.45, 2.75) is 154 Å². The van der Waals surface area contributed by atoms with E-state index in [0.717, 1.165) is 24.1 Å². The van der Waals surface area contributed by atoms with Crippen LogP contribution in [-0.4, -0.2) is 58.1 Å². The van der Waals surface area contributed by atoms with Crippen molar-refractivity contribution in [3.8, 4) is 6.07 Å². The smallest absolute Gasteiger partial charge is 0.382 e. The Bertz CT molecular complexity index is 1580. The highest BCUT2D eigenvalue weighted by molar-refractivity contribution is 7.47. The molecule has 1 saturated heterocycles. The Labute approximate surface area is 322 Å². The Morgan fingerprint density at radius 3 is 2.26 bits per heavy atom. The van der Waals surface area contributed by atoms with E-state index in [-0.39, 0.29) is 19.8 Å². The number of nitriles is 1. The molecule has 54 heavy (non-hydrogen) atoms. The van der Waals surface area contributed by atoms with Gasteiger partial charge in [0.25, 0.3) is 0 Å². The lowest BCUT2D eigenvalue weighted by Crippen LogP contribution is -2.26. The van der Waals surface area contributed by atoms with Gasteiger partial charge in [-0.25, -0.2) is 14.1 Å². The van der Waals surface area contributed by atoms with Crippen LogP contribution in [-0.2, 0) is 40.0 Å². The van der Waals surface area contributed by atoms with Gasteiger partial charge in [-0.15, -0.1) is 0 Å². The number of benzene rings is 1. The highest BCUT2D eigenvalue weighted by atomic mass is 31.2. The van der Waals surface area contributed by atoms with E-state index in [1.54, 1.807) is 16.6 Å². The number of anilines is 1. The number of unbranched alkanes of at least 4 members (excludes halogenated alkanes) is 14. The largest absolute Gasteiger partial charge is 0.472 e. The molecule has 3 N–H and O–H groups in total. The van der Waals surface area contributed by atoms with Gasteiger partial charge >= 0.3 is 7.82 Å². The molecule has 0 amide bonds. The predicted octanol–water partition coefficient (Wildman–Crippen LogP) is 9.57. The molecular weight excluding hydrogens is 705 g/mol. The summed E-state index contributed by atoms with van der Waals surface area (Å²) >= 11 is 0. The normalized spacial score (nSPS) is 18.9. The lowest BCUT2D eigenvalue weighted by atomic mass is 9.98. The van der Waals surface area contributed by atoms with Gasteiger partial charge in [-0.2, -0.15) is 10.4 Å². The summed E-state index contributed by atoms with van der Waals surface area (Å²) in [6, 6.07) is 13.0. The lowest BCUT2D eigenvalue weighted by molar-refractivity contribution is -0.0583. The third-order valence-electron chi connectivity index (χ3n) is 10.3. The van der Waals surface area contributed by atoms with E-state index in [9.17, 15) is 9.46 Å². The molecule has 1 aliphatic heterocycles. The van der Waals surface area contributed by atoms with Crippen molar-refractivity contribution >= 4 is 19.2 Å². The van der Waals surface area contributed by atoms with Gasteiger partial charge in [0.15, 0.2) is 5.82 Å². The zero-order valence-corrected chi connectivity index (χ0v) is 33.6. The zero-order chi connectivity index (χ0) is 38.5. The second-order valence-electron chi connectivity index (χ2n) is 14.8. The van der Waals surface area contributed by atoms with E-state index in [1.807, 2.05) is 31.2 Å². The van der Waals surface area contributed by atoms with Crippen LogP contribution >= 0.6 is 7.82 Å². The number of fused-ring (bicyclic) bond motifs is 1. The molecule has 0 spiro atoms. The summed E-state index contributed by atoms with van der Waals surface area (Å²) in [5, 5.41) is 13.4. The first-order chi connectivity index (χ1) is 26.2. The molecule has 12 nitrogen and oxygen atoms in total. The van der Waals surface area contributed by atoms with Gasteiger partial charge in [0, 0.05) is 13.2 Å². The van der Waals surface area contributed by atoms with Gasteiger partial charge in [0.2, 0.25) is 0 Å². The van der Waals surface area contributed by atoms with E-state index in [4.69, 9.17) is 34.3 Å². The van der Waals surface area contributed by atoms with Crippen LogP contribution < -0.4 is 5.73 Å². The minimum Gasteiger partial charge on any atom is -0.382 e. The van der Waals surface area contributed by atoms with E-state index in [0.29, 0.717) is 49.4 Å². The van der Waals surface area contributed by atoms with Gasteiger partial charge in [-0.1, -0.05) is 109 Å². The minimum atomic E-state index is -4.41. The molecule has 13 heteroatoms. The lowest BCUT2D eigenvalue weighted by Gasteiger charge is -2.25. The van der Waals surface area contributed by atoms with Crippen molar-refractivity contribution in [1.82, 2.24) is 14.6 Å². The molecule has 4 atom stereocenters. The number of rotatable bonds is 29. The topological polar surface area (TPSA) is 163 Å². The molecule has 4 rings (SSSR count). The molecule has 1 aliphatic rings. The van der Waals surface area contributed by atoms with Crippen molar-refractivity contribution in [1.29, 1.82) is 5.26 Å². The summed E-state index contributed by atoms with van der Waals surface area (Å²) < 4.78 is 43.9. The highest BCUT2D eigenvalue weighted by Crippen LogP contribution is 2.46. The van der Waals surface area contributed by atoms with Crippen LogP contribution in [0.1, 0.15) is 146 Å². The number of phosphoric ester groups is 1. The van der Waals surface area contributed by atoms with Crippen LogP contribution in [0.5, 0.6) is 0 Å². The average Bonchev–Trinajstić information content (AvgIpc) is 3.80. The van der Waals surface area contributed by atoms with E-state index >= 15 is 0 Å². The number of ether oxygens (including phenoxy) is 3. The summed E-state index contributed by atoms with van der Waals surface area (Å²) in [6.45, 7) is 5.34. The Hall–Kier alpha value is -2.88. The quantitative estimate of drug-likeness (QED) is 0.0510. The molecule has 1 aromatic carbocycles. The zero-order valence-electron chi connectivity index (χ0n) is 32.7. The SMILES string of the molecule is CCCCCCCCCCCCCCCCCOCC[C@H](COP(=O)(O)OC[C@@H]1CC[C@](C)(c2ccc3c(N)ncnn23)O1)OCc1ccc(C#N)cc1. The molecule has 2 aromatic heterocycles. The summed E-state index contributed by atoms with van der Waals surface area (Å²) in [4.78, 5) is 14.6. The maximum atomic E-state index is 13.0. The Kier molecular flexibility index (Phi) is 19.4. The first-order valence-electron chi connectivity index (χ1n) is 20.3. The fourth-order valence-electron chi connectivity index (χ4n) is 6.97. The van der Waals surface area contributed by atoms with Gasteiger partial charge in [-0.05, 0) is 62.4 Å². The molecule has 0 aliphatic carbocycles. The molecule has 1 unspecified atom stereocenters. The van der Waals surface area contributed by atoms with Crippen LogP contribution in [0.25, 0.3) is 5.52 Å². The number of nitrogen functional groups attached to an aromatic ring is 1. The second-order valence-corrected chi connectivity index (χ2v) is 16.3. The number of hydrogen-bond donors (Lipinski definition) is 2. The van der Waals surface area contributed by atoms with Crippen LogP contribution in [0.2, 0.25) is 0 Å². The standard InChI is InChI=1S/C41H64N5O7P/c1-3-4-5-6-7-8-9-10-11-12-13-14-15-16-17-27-49-28-25-36(50-30-35-20-18-34(29-42)19-21-35)31-51-54(47,48)52-32-37-24-26-41(2,53-37)39-23-22-38-40(43)44-33-45-46(38)39/h18-23,33,36-37H,3-17,24-28,30-32H2,1-2H3,(H,47,48)(H2,43,44,45)/t36-,37+,41-/m1/s1. The fourth-order valence-corrected chi connectivity index (χ4v) is 7.75. The summed E-state index contributed by atoms with van der Waals surface area (Å²) in [5.74, 6) is 0.377. The summed E-state index contributed by atoms with van der Waals surface area (Å²) in [7, 11) is -4.41. The number of nitrogens with two attached hydrogens (primary N) is 1. The van der Waals surface area contributed by atoms with Crippen molar-refractivity contribution in [3.63, 3.8) is 0 Å². The third kappa shape index (κ3) is 15.3. The fraction of sp³-hybridized carbons (Fsp3) is 0.683. The Morgan fingerprint density at radius 2 is 1.61 bits per heavy atom. The maximum absolute atomic E-state index is 13.0. The number of nitrogens with zero attached hydrogens (tertiary/aromatic N) is 4. The molecule has 300 valence electrons. The molecule has 1 fully saturated rings. The molecule has 3 heterocycles. The molecule has 0 radical (unpaired) electrons. The van der Waals surface area contributed by atoms with Crippen LogP contribution in [0.3, 0.4) is 0 Å². The molecule has 0 bridgehead atoms. The minimum absolute atomic E-state index is 0.108. The maximum Gasteiger partial charge on any atom is 0.472 e. The van der Waals surface area contributed by atoms with Gasteiger partial charge in [-0.3, -0.25) is 9.05 Å².